The number of methoxy groups -OCH3 is 1. The van der Waals surface area contributed by atoms with E-state index in [4.69, 9.17) is 15.2 Å². The number of hydrogen-bond donors (Lipinski definition) is 1. The average Bonchev–Trinajstić information content (AvgIpc) is 2.72. The number of nitrogens with zero attached hydrogens (tertiary/aromatic N) is 2. The van der Waals surface area contributed by atoms with Gasteiger partial charge in [0, 0.05) is 25.2 Å². The Labute approximate surface area is 164 Å². The first kappa shape index (κ1) is 19.7. The molecule has 28 heavy (non-hydrogen) atoms. The average molecular weight is 383 g/mol. The maximum atomic E-state index is 13.3. The van der Waals surface area contributed by atoms with Crippen LogP contribution in [-0.2, 0) is 4.79 Å². The van der Waals surface area contributed by atoms with Crippen molar-refractivity contribution < 1.29 is 19.1 Å². The van der Waals surface area contributed by atoms with Crippen LogP contribution in [0.25, 0.3) is 0 Å². The number of piperazine rings is 1. The summed E-state index contributed by atoms with van der Waals surface area (Å²) in [6.07, 6.45) is 0. The molecule has 7 nitrogen and oxygen atoms in total. The number of nitrogens with two attached hydrogens (primary N) is 1. The molecule has 2 amide bonds. The van der Waals surface area contributed by atoms with Crippen molar-refractivity contribution in [2.45, 2.75) is 6.04 Å². The van der Waals surface area contributed by atoms with E-state index in [1.165, 1.54) is 7.11 Å². The summed E-state index contributed by atoms with van der Waals surface area (Å²) < 4.78 is 10.7. The van der Waals surface area contributed by atoms with Crippen LogP contribution in [0.4, 0.5) is 0 Å². The number of rotatable bonds is 6. The number of amides is 2. The molecule has 2 aromatic rings. The molecule has 1 atom stereocenters. The number of ether oxygens (including phenoxy) is 2. The maximum Gasteiger partial charge on any atom is 0.255 e. The van der Waals surface area contributed by atoms with E-state index in [1.807, 2.05) is 35.2 Å². The molecule has 0 spiro atoms. The standard InChI is InChI=1S/C21H25N3O4/c1-23-10-11-24(17(13-23)15-6-4-3-5-7-15)21(26)16-8-9-18(19(12-16)27-2)28-14-20(22)25/h3-9,12,17H,10-11,13-14H2,1-2H3,(H2,22,25)/t17-/m1/s1. The highest BCUT2D eigenvalue weighted by atomic mass is 16.5. The Balaban J connectivity index is 1.86. The first-order valence-corrected chi connectivity index (χ1v) is 9.13. The molecule has 0 unspecified atom stereocenters. The minimum atomic E-state index is -0.578. The number of hydrogen-bond acceptors (Lipinski definition) is 5. The molecule has 0 aromatic heterocycles. The molecule has 1 aliphatic rings. The van der Waals surface area contributed by atoms with E-state index in [1.54, 1.807) is 18.2 Å². The Morgan fingerprint density at radius 3 is 2.54 bits per heavy atom. The summed E-state index contributed by atoms with van der Waals surface area (Å²) in [5.74, 6) is 0.111. The van der Waals surface area contributed by atoms with Gasteiger partial charge in [-0.05, 0) is 30.8 Å². The van der Waals surface area contributed by atoms with E-state index in [0.29, 0.717) is 23.6 Å². The van der Waals surface area contributed by atoms with E-state index >= 15 is 0 Å². The van der Waals surface area contributed by atoms with E-state index in [9.17, 15) is 9.59 Å². The second kappa shape index (κ2) is 8.75. The Hall–Kier alpha value is -3.06. The SMILES string of the molecule is COc1cc(C(=O)N2CCN(C)C[C@@H]2c2ccccc2)ccc1OCC(N)=O. The summed E-state index contributed by atoms with van der Waals surface area (Å²) in [7, 11) is 3.55. The quantitative estimate of drug-likeness (QED) is 0.821. The van der Waals surface area contributed by atoms with Gasteiger partial charge in [-0.25, -0.2) is 0 Å². The van der Waals surface area contributed by atoms with Crippen LogP contribution in [0.3, 0.4) is 0 Å². The molecule has 1 aliphatic heterocycles. The van der Waals surface area contributed by atoms with Gasteiger partial charge in [-0.2, -0.15) is 0 Å². The fourth-order valence-electron chi connectivity index (χ4n) is 3.36. The van der Waals surface area contributed by atoms with E-state index in [0.717, 1.165) is 18.7 Å². The van der Waals surface area contributed by atoms with Gasteiger partial charge in [0.25, 0.3) is 11.8 Å². The van der Waals surface area contributed by atoms with Crippen molar-refractivity contribution in [2.24, 2.45) is 5.73 Å². The molecule has 3 rings (SSSR count). The van der Waals surface area contributed by atoms with Crippen molar-refractivity contribution in [1.29, 1.82) is 0 Å². The number of carbonyl (C=O) groups excluding carboxylic acids is 2. The molecule has 2 N–H and O–H groups in total. The zero-order chi connectivity index (χ0) is 20.1. The molecule has 0 aliphatic carbocycles. The van der Waals surface area contributed by atoms with Crippen LogP contribution in [0, 0.1) is 0 Å². The van der Waals surface area contributed by atoms with Gasteiger partial charge in [0.1, 0.15) is 0 Å². The number of likely N-dealkylation sites (N-methyl/N-ethyl adjacent to an activating group) is 1. The van der Waals surface area contributed by atoms with Crippen LogP contribution in [0.5, 0.6) is 11.5 Å². The van der Waals surface area contributed by atoms with Crippen molar-refractivity contribution in [2.75, 3.05) is 40.4 Å². The van der Waals surface area contributed by atoms with Crippen molar-refractivity contribution in [1.82, 2.24) is 9.80 Å². The van der Waals surface area contributed by atoms with Crippen molar-refractivity contribution >= 4 is 11.8 Å². The zero-order valence-electron chi connectivity index (χ0n) is 16.1. The summed E-state index contributed by atoms with van der Waals surface area (Å²) in [5.41, 5.74) is 6.74. The zero-order valence-corrected chi connectivity index (χ0v) is 16.1. The summed E-state index contributed by atoms with van der Waals surface area (Å²) in [5, 5.41) is 0. The van der Waals surface area contributed by atoms with E-state index in [2.05, 4.69) is 11.9 Å². The van der Waals surface area contributed by atoms with Gasteiger partial charge < -0.3 is 25.0 Å². The lowest BCUT2D eigenvalue weighted by Crippen LogP contribution is -2.49. The fourth-order valence-corrected chi connectivity index (χ4v) is 3.36. The number of benzene rings is 2. The van der Waals surface area contributed by atoms with Crippen LogP contribution in [0.15, 0.2) is 48.5 Å². The Morgan fingerprint density at radius 1 is 1.11 bits per heavy atom. The molecule has 148 valence electrons. The summed E-state index contributed by atoms with van der Waals surface area (Å²) in [6.45, 7) is 1.97. The molecule has 7 heteroatoms. The molecular weight excluding hydrogens is 358 g/mol. The number of primary amides is 1. The third-order valence-corrected chi connectivity index (χ3v) is 4.81. The summed E-state index contributed by atoms with van der Waals surface area (Å²) in [6, 6.07) is 15.0. The second-order valence-corrected chi connectivity index (χ2v) is 6.81. The highest BCUT2D eigenvalue weighted by molar-refractivity contribution is 5.95. The highest BCUT2D eigenvalue weighted by Gasteiger charge is 2.31. The molecule has 1 heterocycles. The summed E-state index contributed by atoms with van der Waals surface area (Å²) in [4.78, 5) is 28.3. The summed E-state index contributed by atoms with van der Waals surface area (Å²) >= 11 is 0. The Bertz CT molecular complexity index is 841. The lowest BCUT2D eigenvalue weighted by molar-refractivity contribution is -0.119. The molecule has 0 saturated carbocycles. The van der Waals surface area contributed by atoms with Crippen LogP contribution in [0.1, 0.15) is 22.0 Å². The monoisotopic (exact) mass is 383 g/mol. The minimum Gasteiger partial charge on any atom is -0.493 e. The van der Waals surface area contributed by atoms with Gasteiger partial charge in [0.05, 0.1) is 13.2 Å². The van der Waals surface area contributed by atoms with Crippen LogP contribution < -0.4 is 15.2 Å². The van der Waals surface area contributed by atoms with Crippen LogP contribution in [0.2, 0.25) is 0 Å². The Morgan fingerprint density at radius 2 is 1.86 bits per heavy atom. The van der Waals surface area contributed by atoms with Gasteiger partial charge in [-0.3, -0.25) is 9.59 Å². The van der Waals surface area contributed by atoms with Crippen molar-refractivity contribution in [3.63, 3.8) is 0 Å². The van der Waals surface area contributed by atoms with Crippen LogP contribution in [-0.4, -0.2) is 62.0 Å². The molecule has 1 fully saturated rings. The molecular formula is C21H25N3O4. The maximum absolute atomic E-state index is 13.3. The normalized spacial score (nSPS) is 17.2. The smallest absolute Gasteiger partial charge is 0.255 e. The van der Waals surface area contributed by atoms with Gasteiger partial charge in [-0.1, -0.05) is 30.3 Å². The van der Waals surface area contributed by atoms with Crippen molar-refractivity contribution in [3.8, 4) is 11.5 Å². The molecule has 0 radical (unpaired) electrons. The molecule has 0 bridgehead atoms. The fraction of sp³-hybridized carbons (Fsp3) is 0.333. The third-order valence-electron chi connectivity index (χ3n) is 4.81. The van der Waals surface area contributed by atoms with Gasteiger partial charge in [0.15, 0.2) is 18.1 Å². The van der Waals surface area contributed by atoms with Gasteiger partial charge in [0.2, 0.25) is 0 Å². The second-order valence-electron chi connectivity index (χ2n) is 6.81. The first-order chi connectivity index (χ1) is 13.5. The van der Waals surface area contributed by atoms with Gasteiger partial charge in [-0.15, -0.1) is 0 Å². The largest absolute Gasteiger partial charge is 0.493 e. The lowest BCUT2D eigenvalue weighted by atomic mass is 10.0. The highest BCUT2D eigenvalue weighted by Crippen LogP contribution is 2.31. The van der Waals surface area contributed by atoms with E-state index in [-0.39, 0.29) is 18.6 Å². The number of carbonyl (C=O) groups is 2. The van der Waals surface area contributed by atoms with Crippen molar-refractivity contribution in [3.05, 3.63) is 59.7 Å². The molecule has 2 aromatic carbocycles. The third kappa shape index (κ3) is 4.43. The predicted octanol–water partition coefficient (Wildman–Crippen LogP) is 1.69. The lowest BCUT2D eigenvalue weighted by Gasteiger charge is -2.40. The Kier molecular flexibility index (Phi) is 6.16. The predicted molar refractivity (Wildman–Crippen MR) is 105 cm³/mol. The molecule has 1 saturated heterocycles. The first-order valence-electron chi connectivity index (χ1n) is 9.13. The minimum absolute atomic E-state index is 0.0239. The van der Waals surface area contributed by atoms with E-state index < -0.39 is 5.91 Å². The van der Waals surface area contributed by atoms with Gasteiger partial charge >= 0.3 is 0 Å². The topological polar surface area (TPSA) is 85.1 Å². The van der Waals surface area contributed by atoms with Crippen LogP contribution >= 0.6 is 0 Å².